The van der Waals surface area contributed by atoms with E-state index in [1.165, 1.54) is 0 Å². The van der Waals surface area contributed by atoms with Crippen molar-refractivity contribution in [2.75, 3.05) is 6.54 Å². The standard InChI is InChI=1S/C16H23N3O2/c1-5-16(3,4)13(17-6-2)10-7-8-11-12(9-10)19-15(21)14(20)18-11/h7-9,13,17H,5-6H2,1-4H3,(H,18,20)(H,19,21). The molecule has 0 bridgehead atoms. The van der Waals surface area contributed by atoms with Crippen LogP contribution in [0.15, 0.2) is 27.8 Å². The van der Waals surface area contributed by atoms with Crippen LogP contribution in [-0.4, -0.2) is 16.5 Å². The molecule has 1 heterocycles. The lowest BCUT2D eigenvalue weighted by Crippen LogP contribution is -2.34. The van der Waals surface area contributed by atoms with Crippen molar-refractivity contribution >= 4 is 11.0 Å². The third kappa shape index (κ3) is 3.08. The summed E-state index contributed by atoms with van der Waals surface area (Å²) in [7, 11) is 0. The van der Waals surface area contributed by atoms with E-state index >= 15 is 0 Å². The molecule has 0 aliphatic heterocycles. The minimum atomic E-state index is -0.618. The fourth-order valence-electron chi connectivity index (χ4n) is 2.57. The Bertz CT molecular complexity index is 743. The SMILES string of the molecule is CCNC(c1ccc2[nH]c(=O)c(=O)[nH]c2c1)C(C)(C)CC. The molecule has 3 N–H and O–H groups in total. The average molecular weight is 289 g/mol. The highest BCUT2D eigenvalue weighted by Crippen LogP contribution is 2.36. The second-order valence-electron chi connectivity index (χ2n) is 6.05. The van der Waals surface area contributed by atoms with Gasteiger partial charge in [0.05, 0.1) is 11.0 Å². The van der Waals surface area contributed by atoms with E-state index in [1.54, 1.807) is 0 Å². The number of nitrogens with one attached hydrogen (secondary N) is 3. The van der Waals surface area contributed by atoms with Gasteiger partial charge < -0.3 is 15.3 Å². The summed E-state index contributed by atoms with van der Waals surface area (Å²) < 4.78 is 0. The minimum absolute atomic E-state index is 0.0895. The zero-order valence-electron chi connectivity index (χ0n) is 13.0. The molecule has 5 heteroatoms. The number of aromatic amines is 2. The molecule has 1 unspecified atom stereocenters. The molecule has 0 saturated carbocycles. The topological polar surface area (TPSA) is 77.8 Å². The van der Waals surface area contributed by atoms with Crippen LogP contribution in [0.25, 0.3) is 11.0 Å². The molecule has 1 aromatic heterocycles. The fraction of sp³-hybridized carbons (Fsp3) is 0.500. The third-order valence-corrected chi connectivity index (χ3v) is 4.18. The molecule has 2 aromatic rings. The van der Waals surface area contributed by atoms with Crippen molar-refractivity contribution in [1.82, 2.24) is 15.3 Å². The number of rotatable bonds is 5. The Morgan fingerprint density at radius 3 is 2.29 bits per heavy atom. The summed E-state index contributed by atoms with van der Waals surface area (Å²) in [4.78, 5) is 28.1. The van der Waals surface area contributed by atoms with E-state index < -0.39 is 11.1 Å². The molecular formula is C16H23N3O2. The molecule has 1 aromatic carbocycles. The van der Waals surface area contributed by atoms with Gasteiger partial charge in [-0.3, -0.25) is 9.59 Å². The molecule has 0 saturated heterocycles. The Kier molecular flexibility index (Phi) is 4.32. The first kappa shape index (κ1) is 15.5. The van der Waals surface area contributed by atoms with Gasteiger partial charge in [-0.05, 0) is 36.1 Å². The predicted octanol–water partition coefficient (Wildman–Crippen LogP) is 2.30. The van der Waals surface area contributed by atoms with E-state index in [9.17, 15) is 9.59 Å². The molecule has 0 aliphatic carbocycles. The molecule has 114 valence electrons. The highest BCUT2D eigenvalue weighted by Gasteiger charge is 2.28. The third-order valence-electron chi connectivity index (χ3n) is 4.18. The van der Waals surface area contributed by atoms with E-state index in [0.29, 0.717) is 11.0 Å². The van der Waals surface area contributed by atoms with E-state index in [1.807, 2.05) is 18.2 Å². The summed E-state index contributed by atoms with van der Waals surface area (Å²) in [5.41, 5.74) is 1.27. The Labute approximate surface area is 123 Å². The van der Waals surface area contributed by atoms with Gasteiger partial charge in [-0.15, -0.1) is 0 Å². The number of aromatic nitrogens is 2. The van der Waals surface area contributed by atoms with Crippen LogP contribution in [0, 0.1) is 5.41 Å². The summed E-state index contributed by atoms with van der Waals surface area (Å²) in [5.74, 6) is 0. The number of hydrogen-bond donors (Lipinski definition) is 3. The van der Waals surface area contributed by atoms with E-state index in [-0.39, 0.29) is 11.5 Å². The minimum Gasteiger partial charge on any atom is -0.316 e. The van der Waals surface area contributed by atoms with Gasteiger partial charge in [0.25, 0.3) is 0 Å². The van der Waals surface area contributed by atoms with Crippen LogP contribution in [-0.2, 0) is 0 Å². The summed E-state index contributed by atoms with van der Waals surface area (Å²) in [5, 5.41) is 3.52. The number of hydrogen-bond acceptors (Lipinski definition) is 3. The molecule has 0 aliphatic rings. The van der Waals surface area contributed by atoms with E-state index in [4.69, 9.17) is 0 Å². The maximum Gasteiger partial charge on any atom is 0.314 e. The first-order chi connectivity index (χ1) is 9.89. The summed E-state index contributed by atoms with van der Waals surface area (Å²) in [6.07, 6.45) is 1.03. The van der Waals surface area contributed by atoms with Crippen molar-refractivity contribution in [3.63, 3.8) is 0 Å². The van der Waals surface area contributed by atoms with E-state index in [0.717, 1.165) is 18.5 Å². The highest BCUT2D eigenvalue weighted by molar-refractivity contribution is 5.74. The van der Waals surface area contributed by atoms with Crippen LogP contribution in [0.3, 0.4) is 0 Å². The lowest BCUT2D eigenvalue weighted by atomic mass is 9.78. The Morgan fingerprint density at radius 2 is 1.71 bits per heavy atom. The summed E-state index contributed by atoms with van der Waals surface area (Å²) in [6, 6.07) is 5.98. The van der Waals surface area contributed by atoms with Gasteiger partial charge in [-0.25, -0.2) is 0 Å². The van der Waals surface area contributed by atoms with Crippen LogP contribution in [0.4, 0.5) is 0 Å². The van der Waals surface area contributed by atoms with Gasteiger partial charge in [0, 0.05) is 6.04 Å². The van der Waals surface area contributed by atoms with Crippen LogP contribution in [0.1, 0.15) is 45.7 Å². The lowest BCUT2D eigenvalue weighted by Gasteiger charge is -2.34. The monoisotopic (exact) mass is 289 g/mol. The van der Waals surface area contributed by atoms with Crippen LogP contribution in [0.2, 0.25) is 0 Å². The average Bonchev–Trinajstić information content (AvgIpc) is 2.45. The van der Waals surface area contributed by atoms with Gasteiger partial charge in [0.2, 0.25) is 0 Å². The largest absolute Gasteiger partial charge is 0.316 e. The zero-order chi connectivity index (χ0) is 15.6. The molecular weight excluding hydrogens is 266 g/mol. The Morgan fingerprint density at radius 1 is 1.10 bits per heavy atom. The Hall–Kier alpha value is -1.88. The van der Waals surface area contributed by atoms with Crippen molar-refractivity contribution in [3.8, 4) is 0 Å². The first-order valence-electron chi connectivity index (χ1n) is 7.38. The zero-order valence-corrected chi connectivity index (χ0v) is 13.0. The number of H-pyrrole nitrogens is 2. The van der Waals surface area contributed by atoms with Crippen LogP contribution < -0.4 is 16.4 Å². The molecule has 5 nitrogen and oxygen atoms in total. The quantitative estimate of drug-likeness (QED) is 0.739. The molecule has 2 rings (SSSR count). The molecule has 0 spiro atoms. The Balaban J connectivity index is 2.56. The van der Waals surface area contributed by atoms with Crippen molar-refractivity contribution in [3.05, 3.63) is 44.5 Å². The van der Waals surface area contributed by atoms with Crippen molar-refractivity contribution in [2.45, 2.75) is 40.2 Å². The van der Waals surface area contributed by atoms with Gasteiger partial charge in [-0.1, -0.05) is 33.8 Å². The molecule has 0 fully saturated rings. The lowest BCUT2D eigenvalue weighted by molar-refractivity contribution is 0.237. The summed E-state index contributed by atoms with van der Waals surface area (Å²) in [6.45, 7) is 9.57. The fourth-order valence-corrected chi connectivity index (χ4v) is 2.57. The molecule has 0 amide bonds. The second kappa shape index (κ2) is 5.85. The van der Waals surface area contributed by atoms with Gasteiger partial charge >= 0.3 is 11.1 Å². The normalized spacial score (nSPS) is 13.5. The smallest absolute Gasteiger partial charge is 0.314 e. The second-order valence-corrected chi connectivity index (χ2v) is 6.05. The van der Waals surface area contributed by atoms with Crippen LogP contribution >= 0.6 is 0 Å². The maximum atomic E-state index is 11.5. The highest BCUT2D eigenvalue weighted by atomic mass is 16.2. The van der Waals surface area contributed by atoms with Crippen molar-refractivity contribution < 1.29 is 0 Å². The van der Waals surface area contributed by atoms with Crippen molar-refractivity contribution in [1.29, 1.82) is 0 Å². The molecule has 0 radical (unpaired) electrons. The maximum absolute atomic E-state index is 11.5. The first-order valence-corrected chi connectivity index (χ1v) is 7.38. The van der Waals surface area contributed by atoms with E-state index in [2.05, 4.69) is 43.0 Å². The predicted molar refractivity (Wildman–Crippen MR) is 85.7 cm³/mol. The van der Waals surface area contributed by atoms with Gasteiger partial charge in [0.15, 0.2) is 0 Å². The number of fused-ring (bicyclic) bond motifs is 1. The molecule has 1 atom stereocenters. The molecule has 21 heavy (non-hydrogen) atoms. The van der Waals surface area contributed by atoms with Crippen molar-refractivity contribution in [2.24, 2.45) is 5.41 Å². The summed E-state index contributed by atoms with van der Waals surface area (Å²) >= 11 is 0. The van der Waals surface area contributed by atoms with Gasteiger partial charge in [-0.2, -0.15) is 0 Å². The number of benzene rings is 1. The van der Waals surface area contributed by atoms with Gasteiger partial charge in [0.1, 0.15) is 0 Å². The van der Waals surface area contributed by atoms with Crippen LogP contribution in [0.5, 0.6) is 0 Å².